The Hall–Kier alpha value is -0.740. The summed E-state index contributed by atoms with van der Waals surface area (Å²) >= 11 is 1.63. The third-order valence-corrected chi connectivity index (χ3v) is 3.86. The molecule has 2 rings (SSSR count). The molecule has 1 aliphatic rings. The fraction of sp³-hybridized carbons (Fsp3) is 0.636. The van der Waals surface area contributed by atoms with Gasteiger partial charge in [0, 0.05) is 24.8 Å². The molecule has 3 nitrogen and oxygen atoms in total. The number of carbonyl (C=O) groups excluding carboxylic acids is 1. The summed E-state index contributed by atoms with van der Waals surface area (Å²) in [5.41, 5.74) is 0.628. The lowest BCUT2D eigenvalue weighted by Gasteiger charge is -2.28. The lowest BCUT2D eigenvalue weighted by molar-refractivity contribution is 0.101. The first kappa shape index (κ1) is 10.8. The highest BCUT2D eigenvalue weighted by Gasteiger charge is 2.22. The van der Waals surface area contributed by atoms with Crippen molar-refractivity contribution in [1.82, 2.24) is 9.88 Å². The zero-order valence-electron chi connectivity index (χ0n) is 9.19. The average Bonchev–Trinajstić information content (AvgIpc) is 2.66. The summed E-state index contributed by atoms with van der Waals surface area (Å²) in [5, 5.41) is 3.01. The van der Waals surface area contributed by atoms with Crippen LogP contribution in [-0.4, -0.2) is 35.8 Å². The average molecular weight is 224 g/mol. The molecule has 15 heavy (non-hydrogen) atoms. The highest BCUT2D eigenvalue weighted by Crippen LogP contribution is 2.28. The molecule has 0 spiro atoms. The van der Waals surface area contributed by atoms with Crippen LogP contribution in [-0.2, 0) is 0 Å². The second-order valence-corrected chi connectivity index (χ2v) is 5.12. The molecule has 1 aromatic heterocycles. The van der Waals surface area contributed by atoms with Gasteiger partial charge in [0.25, 0.3) is 0 Å². The molecule has 0 bridgehead atoms. The molecule has 1 atom stereocenters. The van der Waals surface area contributed by atoms with Crippen LogP contribution in [0.25, 0.3) is 0 Å². The topological polar surface area (TPSA) is 33.2 Å². The highest BCUT2D eigenvalue weighted by molar-refractivity contribution is 7.09. The lowest BCUT2D eigenvalue weighted by atomic mass is 9.99. The molecule has 0 saturated carbocycles. The van der Waals surface area contributed by atoms with E-state index in [0.29, 0.717) is 11.6 Å². The van der Waals surface area contributed by atoms with Crippen LogP contribution in [0.4, 0.5) is 0 Å². The second-order valence-electron chi connectivity index (χ2n) is 4.23. The van der Waals surface area contributed by atoms with Gasteiger partial charge in [-0.15, -0.1) is 11.3 Å². The van der Waals surface area contributed by atoms with Crippen LogP contribution in [0.3, 0.4) is 0 Å². The molecule has 1 fully saturated rings. The zero-order valence-corrected chi connectivity index (χ0v) is 10.0. The molecule has 0 aliphatic carbocycles. The third kappa shape index (κ3) is 2.44. The van der Waals surface area contributed by atoms with Gasteiger partial charge in [0.15, 0.2) is 5.78 Å². The Morgan fingerprint density at radius 3 is 3.07 bits per heavy atom. The summed E-state index contributed by atoms with van der Waals surface area (Å²) < 4.78 is 0. The molecule has 1 unspecified atom stereocenters. The van der Waals surface area contributed by atoms with Crippen molar-refractivity contribution in [2.75, 3.05) is 20.1 Å². The number of hydrogen-bond donors (Lipinski definition) is 0. The predicted octanol–water partition coefficient (Wildman–Crippen LogP) is 2.15. The van der Waals surface area contributed by atoms with Crippen LogP contribution >= 0.6 is 11.3 Å². The minimum Gasteiger partial charge on any atom is -0.306 e. The van der Waals surface area contributed by atoms with Crippen molar-refractivity contribution in [1.29, 1.82) is 0 Å². The Labute approximate surface area is 94.1 Å². The van der Waals surface area contributed by atoms with Gasteiger partial charge in [0.05, 0.1) is 5.01 Å². The first-order valence-corrected chi connectivity index (χ1v) is 6.19. The summed E-state index contributed by atoms with van der Waals surface area (Å²) in [5.74, 6) is 0.600. The Kier molecular flexibility index (Phi) is 3.17. The lowest BCUT2D eigenvalue weighted by Crippen LogP contribution is -2.30. The van der Waals surface area contributed by atoms with Crippen LogP contribution in [0.15, 0.2) is 5.38 Å². The quantitative estimate of drug-likeness (QED) is 0.722. The predicted molar refractivity (Wildman–Crippen MR) is 61.6 cm³/mol. The van der Waals surface area contributed by atoms with Crippen molar-refractivity contribution >= 4 is 17.1 Å². The fourth-order valence-electron chi connectivity index (χ4n) is 2.00. The summed E-state index contributed by atoms with van der Waals surface area (Å²) in [7, 11) is 2.14. The van der Waals surface area contributed by atoms with Gasteiger partial charge in [-0.3, -0.25) is 4.79 Å². The van der Waals surface area contributed by atoms with E-state index in [1.807, 2.05) is 5.38 Å². The van der Waals surface area contributed by atoms with E-state index in [0.717, 1.165) is 11.6 Å². The summed E-state index contributed by atoms with van der Waals surface area (Å²) in [6, 6.07) is 0. The van der Waals surface area contributed by atoms with Crippen LogP contribution in [0.5, 0.6) is 0 Å². The molecule has 1 aromatic rings. The van der Waals surface area contributed by atoms with Gasteiger partial charge < -0.3 is 4.90 Å². The first-order valence-electron chi connectivity index (χ1n) is 5.31. The second kappa shape index (κ2) is 4.41. The number of rotatable bonds is 2. The van der Waals surface area contributed by atoms with E-state index in [9.17, 15) is 4.79 Å². The van der Waals surface area contributed by atoms with Crippen LogP contribution in [0, 0.1) is 0 Å². The number of Topliss-reactive ketones (excluding diaryl/α,β-unsaturated/α-hetero) is 1. The number of thiazole rings is 1. The van der Waals surface area contributed by atoms with Crippen LogP contribution in [0.1, 0.15) is 41.2 Å². The maximum atomic E-state index is 11.1. The Morgan fingerprint density at radius 2 is 2.47 bits per heavy atom. The molecule has 0 N–H and O–H groups in total. The molecule has 0 amide bonds. The molecular weight excluding hydrogens is 208 g/mol. The highest BCUT2D eigenvalue weighted by atomic mass is 32.1. The summed E-state index contributed by atoms with van der Waals surface area (Å²) in [6.45, 7) is 3.83. The largest absolute Gasteiger partial charge is 0.306 e. The van der Waals surface area contributed by atoms with Gasteiger partial charge >= 0.3 is 0 Å². The van der Waals surface area contributed by atoms with E-state index in [4.69, 9.17) is 0 Å². The normalized spacial score (nSPS) is 22.9. The zero-order chi connectivity index (χ0) is 10.8. The van der Waals surface area contributed by atoms with Gasteiger partial charge in [-0.2, -0.15) is 0 Å². The Balaban J connectivity index is 2.11. The van der Waals surface area contributed by atoms with Crippen molar-refractivity contribution < 1.29 is 4.79 Å². The van der Waals surface area contributed by atoms with Gasteiger partial charge in [-0.25, -0.2) is 4.98 Å². The van der Waals surface area contributed by atoms with Crippen molar-refractivity contribution in [3.8, 4) is 0 Å². The van der Waals surface area contributed by atoms with Gasteiger partial charge in [0.1, 0.15) is 5.69 Å². The number of ketones is 1. The molecule has 4 heteroatoms. The van der Waals surface area contributed by atoms with E-state index in [1.165, 1.54) is 19.4 Å². The number of aromatic nitrogens is 1. The van der Waals surface area contributed by atoms with Gasteiger partial charge in [-0.05, 0) is 26.4 Å². The third-order valence-electron chi connectivity index (χ3n) is 2.86. The molecule has 1 aliphatic heterocycles. The minimum atomic E-state index is 0.0710. The smallest absolute Gasteiger partial charge is 0.178 e. The van der Waals surface area contributed by atoms with Crippen LogP contribution in [0.2, 0.25) is 0 Å². The maximum absolute atomic E-state index is 11.1. The van der Waals surface area contributed by atoms with Crippen LogP contribution < -0.4 is 0 Å². The Morgan fingerprint density at radius 1 is 1.67 bits per heavy atom. The number of carbonyl (C=O) groups is 1. The van der Waals surface area contributed by atoms with E-state index in [2.05, 4.69) is 16.9 Å². The molecule has 0 aromatic carbocycles. The monoisotopic (exact) mass is 224 g/mol. The maximum Gasteiger partial charge on any atom is 0.178 e. The Bertz CT molecular complexity index is 361. The van der Waals surface area contributed by atoms with Crippen molar-refractivity contribution in [2.24, 2.45) is 0 Å². The van der Waals surface area contributed by atoms with Crippen molar-refractivity contribution in [2.45, 2.75) is 25.7 Å². The van der Waals surface area contributed by atoms with Crippen molar-refractivity contribution in [3.63, 3.8) is 0 Å². The summed E-state index contributed by atoms with van der Waals surface area (Å²) in [6.07, 6.45) is 2.44. The molecule has 82 valence electrons. The van der Waals surface area contributed by atoms with Gasteiger partial charge in [0.2, 0.25) is 0 Å². The van der Waals surface area contributed by atoms with E-state index in [-0.39, 0.29) is 5.78 Å². The number of nitrogens with zero attached hydrogens (tertiary/aromatic N) is 2. The van der Waals surface area contributed by atoms with Crippen molar-refractivity contribution in [3.05, 3.63) is 16.1 Å². The molecule has 0 radical (unpaired) electrons. The molecule has 1 saturated heterocycles. The summed E-state index contributed by atoms with van der Waals surface area (Å²) in [4.78, 5) is 17.9. The number of likely N-dealkylation sites (N-methyl/N-ethyl adjacent to an activating group) is 1. The number of piperidine rings is 1. The van der Waals surface area contributed by atoms with E-state index >= 15 is 0 Å². The molecular formula is C11H16N2OS. The first-order chi connectivity index (χ1) is 7.16. The minimum absolute atomic E-state index is 0.0710. The molecule has 2 heterocycles. The fourth-order valence-corrected chi connectivity index (χ4v) is 2.99. The van der Waals surface area contributed by atoms with E-state index < -0.39 is 0 Å². The number of hydrogen-bond acceptors (Lipinski definition) is 4. The SMILES string of the molecule is CC(=O)c1csc(C2CCCN(C)C2)n1. The van der Waals surface area contributed by atoms with Gasteiger partial charge in [-0.1, -0.05) is 0 Å². The number of likely N-dealkylation sites (tertiary alicyclic amines) is 1. The standard InChI is InChI=1S/C11H16N2OS/c1-8(14)10-7-15-11(12-10)9-4-3-5-13(2)6-9/h7,9H,3-6H2,1-2H3. The van der Waals surface area contributed by atoms with E-state index in [1.54, 1.807) is 18.3 Å².